The van der Waals surface area contributed by atoms with Gasteiger partial charge in [0.15, 0.2) is 0 Å². The minimum Gasteiger partial charge on any atom is -0.392 e. The van der Waals surface area contributed by atoms with Crippen LogP contribution in [0.4, 0.5) is 0 Å². The number of hydrogen-bond donors (Lipinski definition) is 1. The van der Waals surface area contributed by atoms with E-state index < -0.39 is 0 Å². The van der Waals surface area contributed by atoms with Gasteiger partial charge in [-0.25, -0.2) is 0 Å². The topological polar surface area (TPSA) is 20.2 Å². The molecule has 0 saturated carbocycles. The summed E-state index contributed by atoms with van der Waals surface area (Å²) < 4.78 is 0. The van der Waals surface area contributed by atoms with Gasteiger partial charge in [-0.3, -0.25) is 0 Å². The van der Waals surface area contributed by atoms with Crippen molar-refractivity contribution < 1.29 is 5.11 Å². The number of fused-ring (bicyclic) bond motifs is 2. The molecule has 0 unspecified atom stereocenters. The van der Waals surface area contributed by atoms with Crippen molar-refractivity contribution in [3.8, 4) is 0 Å². The third-order valence-corrected chi connectivity index (χ3v) is 3.75. The summed E-state index contributed by atoms with van der Waals surface area (Å²) in [7, 11) is 0. The smallest absolute Gasteiger partial charge is 0.0646 e. The number of hydrogen-bond acceptors (Lipinski definition) is 1. The Kier molecular flexibility index (Phi) is 2.49. The Hall–Kier alpha value is -1.60. The van der Waals surface area contributed by atoms with Crippen LogP contribution in [0, 0.1) is 5.92 Å². The fraction of sp³-hybridized carbons (Fsp3) is 0.250. The van der Waals surface area contributed by atoms with Gasteiger partial charge >= 0.3 is 0 Å². The van der Waals surface area contributed by atoms with Crippen LogP contribution in [-0.2, 0) is 12.8 Å². The van der Waals surface area contributed by atoms with Gasteiger partial charge in [-0.15, -0.1) is 6.58 Å². The fourth-order valence-corrected chi connectivity index (χ4v) is 2.72. The van der Waals surface area contributed by atoms with Crippen LogP contribution in [0.15, 0.2) is 49.1 Å². The van der Waals surface area contributed by atoms with Crippen molar-refractivity contribution in [3.05, 3.63) is 60.2 Å². The first-order valence-electron chi connectivity index (χ1n) is 6.09. The molecule has 17 heavy (non-hydrogen) atoms. The highest BCUT2D eigenvalue weighted by Gasteiger charge is 2.24. The first-order chi connectivity index (χ1) is 8.28. The lowest BCUT2D eigenvalue weighted by molar-refractivity contribution is 0.123. The second-order valence-electron chi connectivity index (χ2n) is 4.84. The Morgan fingerprint density at radius 3 is 2.24 bits per heavy atom. The van der Waals surface area contributed by atoms with E-state index in [1.54, 1.807) is 0 Å². The number of benzene rings is 2. The molecule has 0 amide bonds. The van der Waals surface area contributed by atoms with Crippen molar-refractivity contribution in [2.24, 2.45) is 5.92 Å². The Labute approximate surface area is 101 Å². The van der Waals surface area contributed by atoms with Gasteiger partial charge in [0.2, 0.25) is 0 Å². The molecule has 0 bridgehead atoms. The first kappa shape index (κ1) is 10.5. The van der Waals surface area contributed by atoms with Crippen molar-refractivity contribution in [3.63, 3.8) is 0 Å². The van der Waals surface area contributed by atoms with E-state index in [0.717, 1.165) is 12.8 Å². The molecule has 0 fully saturated rings. The van der Waals surface area contributed by atoms with Crippen LogP contribution < -0.4 is 0 Å². The average molecular weight is 224 g/mol. The summed E-state index contributed by atoms with van der Waals surface area (Å²) in [5.41, 5.74) is 2.65. The second kappa shape index (κ2) is 4.01. The zero-order valence-corrected chi connectivity index (χ0v) is 9.76. The van der Waals surface area contributed by atoms with Gasteiger partial charge in [-0.05, 0) is 34.7 Å². The Morgan fingerprint density at radius 2 is 1.65 bits per heavy atom. The highest BCUT2D eigenvalue weighted by molar-refractivity contribution is 5.84. The van der Waals surface area contributed by atoms with E-state index in [0.29, 0.717) is 0 Å². The SMILES string of the molecule is C=C[C@H]1Cc2cc3ccccc3cc2C[C@@H]1O. The van der Waals surface area contributed by atoms with E-state index in [1.807, 2.05) is 6.08 Å². The lowest BCUT2D eigenvalue weighted by Gasteiger charge is -2.27. The molecule has 1 aliphatic carbocycles. The van der Waals surface area contributed by atoms with Crippen LogP contribution in [0.5, 0.6) is 0 Å². The van der Waals surface area contributed by atoms with Crippen molar-refractivity contribution in [2.45, 2.75) is 18.9 Å². The lowest BCUT2D eigenvalue weighted by atomic mass is 9.81. The van der Waals surface area contributed by atoms with E-state index in [-0.39, 0.29) is 12.0 Å². The molecule has 2 aromatic carbocycles. The molecule has 2 aromatic rings. The molecule has 0 saturated heterocycles. The Bertz CT molecular complexity index is 571. The molecule has 0 spiro atoms. The summed E-state index contributed by atoms with van der Waals surface area (Å²) in [5.74, 6) is 0.198. The lowest BCUT2D eigenvalue weighted by Crippen LogP contribution is -2.28. The van der Waals surface area contributed by atoms with Crippen molar-refractivity contribution in [1.29, 1.82) is 0 Å². The molecule has 3 rings (SSSR count). The van der Waals surface area contributed by atoms with Crippen LogP contribution in [0.3, 0.4) is 0 Å². The monoisotopic (exact) mass is 224 g/mol. The van der Waals surface area contributed by atoms with Crippen LogP contribution in [0.1, 0.15) is 11.1 Å². The molecule has 1 N–H and O–H groups in total. The van der Waals surface area contributed by atoms with Gasteiger partial charge in [-0.2, -0.15) is 0 Å². The summed E-state index contributed by atoms with van der Waals surface area (Å²) in [5, 5.41) is 12.6. The summed E-state index contributed by atoms with van der Waals surface area (Å²) in [4.78, 5) is 0. The fourth-order valence-electron chi connectivity index (χ4n) is 2.72. The van der Waals surface area contributed by atoms with E-state index in [2.05, 4.69) is 43.0 Å². The molecule has 86 valence electrons. The Balaban J connectivity index is 2.13. The molecular weight excluding hydrogens is 208 g/mol. The van der Waals surface area contributed by atoms with Crippen molar-refractivity contribution >= 4 is 10.8 Å². The molecule has 0 aromatic heterocycles. The second-order valence-corrected chi connectivity index (χ2v) is 4.84. The molecule has 0 heterocycles. The normalized spacial score (nSPS) is 23.4. The van der Waals surface area contributed by atoms with Gasteiger partial charge in [0.1, 0.15) is 0 Å². The van der Waals surface area contributed by atoms with E-state index in [4.69, 9.17) is 0 Å². The predicted octanol–water partition coefficient (Wildman–Crippen LogP) is 3.10. The minimum atomic E-state index is -0.277. The quantitative estimate of drug-likeness (QED) is 0.738. The van der Waals surface area contributed by atoms with Crippen LogP contribution >= 0.6 is 0 Å². The van der Waals surface area contributed by atoms with Crippen LogP contribution in [0.2, 0.25) is 0 Å². The molecule has 0 radical (unpaired) electrons. The standard InChI is InChI=1S/C16H16O/c1-2-11-7-14-8-12-5-3-4-6-13(12)9-15(14)10-16(11)17/h2-6,8-9,11,16-17H,1,7,10H2/t11-,16-/m0/s1. The summed E-state index contributed by atoms with van der Waals surface area (Å²) >= 11 is 0. The maximum Gasteiger partial charge on any atom is 0.0646 e. The number of aliphatic hydroxyl groups excluding tert-OH is 1. The Morgan fingerprint density at radius 1 is 1.06 bits per heavy atom. The predicted molar refractivity (Wildman–Crippen MR) is 71.0 cm³/mol. The third kappa shape index (κ3) is 1.77. The van der Waals surface area contributed by atoms with Gasteiger partial charge in [0, 0.05) is 5.92 Å². The maximum absolute atomic E-state index is 10.0. The van der Waals surface area contributed by atoms with Crippen molar-refractivity contribution in [1.82, 2.24) is 0 Å². The minimum absolute atomic E-state index is 0.198. The zero-order valence-electron chi connectivity index (χ0n) is 9.76. The van der Waals surface area contributed by atoms with E-state index in [1.165, 1.54) is 21.9 Å². The van der Waals surface area contributed by atoms with E-state index >= 15 is 0 Å². The summed E-state index contributed by atoms with van der Waals surface area (Å²) in [6.07, 6.45) is 3.26. The van der Waals surface area contributed by atoms with Gasteiger partial charge < -0.3 is 5.11 Å². The number of rotatable bonds is 1. The largest absolute Gasteiger partial charge is 0.392 e. The van der Waals surface area contributed by atoms with E-state index in [9.17, 15) is 5.11 Å². The molecule has 2 atom stereocenters. The molecule has 1 heteroatoms. The summed E-state index contributed by atoms with van der Waals surface area (Å²) in [6.45, 7) is 3.81. The molecule has 1 nitrogen and oxygen atoms in total. The molecular formula is C16H16O. The average Bonchev–Trinajstić information content (AvgIpc) is 2.35. The molecule has 1 aliphatic rings. The third-order valence-electron chi connectivity index (χ3n) is 3.75. The maximum atomic E-state index is 10.0. The van der Waals surface area contributed by atoms with Gasteiger partial charge in [-0.1, -0.05) is 42.5 Å². The molecule has 0 aliphatic heterocycles. The number of aliphatic hydroxyl groups is 1. The van der Waals surface area contributed by atoms with Gasteiger partial charge in [0.05, 0.1) is 6.10 Å². The highest BCUT2D eigenvalue weighted by atomic mass is 16.3. The highest BCUT2D eigenvalue weighted by Crippen LogP contribution is 2.30. The zero-order chi connectivity index (χ0) is 11.8. The van der Waals surface area contributed by atoms with Crippen LogP contribution in [0.25, 0.3) is 10.8 Å². The summed E-state index contributed by atoms with van der Waals surface area (Å²) in [6, 6.07) is 12.9. The van der Waals surface area contributed by atoms with Crippen molar-refractivity contribution in [2.75, 3.05) is 0 Å². The van der Waals surface area contributed by atoms with Crippen LogP contribution in [-0.4, -0.2) is 11.2 Å². The first-order valence-corrected chi connectivity index (χ1v) is 6.09. The van der Waals surface area contributed by atoms with Gasteiger partial charge in [0.25, 0.3) is 0 Å².